The third-order valence-corrected chi connectivity index (χ3v) is 4.95. The van der Waals surface area contributed by atoms with E-state index in [9.17, 15) is 14.0 Å². The fraction of sp³-hybridized carbons (Fsp3) is 0.118. The Morgan fingerprint density at radius 3 is 2.58 bits per heavy atom. The molecule has 5 nitrogen and oxygen atoms in total. The smallest absolute Gasteiger partial charge is 0.325 e. The minimum Gasteiger partial charge on any atom is -0.468 e. The number of hydrogen-bond donors (Lipinski definition) is 0. The number of halogens is 3. The Morgan fingerprint density at radius 1 is 1.23 bits per heavy atom. The standard InChI is InChI=1S/C17H11Cl2FN2O3S/c1-25-14(23)8-22-15-12(20)3-2-4-13(15)26-17(22)21-16(24)9-5-10(18)7-11(19)6-9/h2-7H,8H2,1H3. The van der Waals surface area contributed by atoms with E-state index < -0.39 is 17.7 Å². The Morgan fingerprint density at radius 2 is 1.92 bits per heavy atom. The molecule has 0 spiro atoms. The number of carbonyl (C=O) groups excluding carboxylic acids is 2. The van der Waals surface area contributed by atoms with Crippen molar-refractivity contribution in [3.63, 3.8) is 0 Å². The lowest BCUT2D eigenvalue weighted by Crippen LogP contribution is -2.22. The number of esters is 1. The van der Waals surface area contributed by atoms with Crippen LogP contribution in [0, 0.1) is 5.82 Å². The van der Waals surface area contributed by atoms with E-state index in [2.05, 4.69) is 9.73 Å². The molecule has 0 N–H and O–H groups in total. The van der Waals surface area contributed by atoms with Gasteiger partial charge < -0.3 is 9.30 Å². The summed E-state index contributed by atoms with van der Waals surface area (Å²) in [6.45, 7) is -0.278. The van der Waals surface area contributed by atoms with Gasteiger partial charge in [0.25, 0.3) is 5.91 Å². The van der Waals surface area contributed by atoms with Crippen molar-refractivity contribution >= 4 is 56.6 Å². The molecular weight excluding hydrogens is 402 g/mol. The van der Waals surface area contributed by atoms with E-state index >= 15 is 0 Å². The number of carbonyl (C=O) groups is 2. The van der Waals surface area contributed by atoms with Crippen molar-refractivity contribution in [3.8, 4) is 0 Å². The number of hydrogen-bond acceptors (Lipinski definition) is 4. The molecule has 0 atom stereocenters. The molecule has 1 amide bonds. The first-order valence-electron chi connectivity index (χ1n) is 7.29. The van der Waals surface area contributed by atoms with Crippen LogP contribution in [-0.2, 0) is 16.1 Å². The summed E-state index contributed by atoms with van der Waals surface area (Å²) in [5, 5.41) is 0.585. The maximum Gasteiger partial charge on any atom is 0.325 e. The maximum absolute atomic E-state index is 14.3. The van der Waals surface area contributed by atoms with Gasteiger partial charge in [0.1, 0.15) is 12.4 Å². The van der Waals surface area contributed by atoms with Gasteiger partial charge in [0.15, 0.2) is 4.80 Å². The average Bonchev–Trinajstić information content (AvgIpc) is 2.92. The van der Waals surface area contributed by atoms with Crippen LogP contribution in [0.5, 0.6) is 0 Å². The van der Waals surface area contributed by atoms with E-state index in [0.717, 1.165) is 11.3 Å². The zero-order chi connectivity index (χ0) is 18.8. The largest absolute Gasteiger partial charge is 0.468 e. The van der Waals surface area contributed by atoms with E-state index in [-0.39, 0.29) is 22.4 Å². The van der Waals surface area contributed by atoms with Gasteiger partial charge >= 0.3 is 5.97 Å². The normalized spacial score (nSPS) is 11.8. The molecule has 0 fully saturated rings. The number of benzene rings is 2. The number of ether oxygens (including phenoxy) is 1. The highest BCUT2D eigenvalue weighted by molar-refractivity contribution is 7.16. The highest BCUT2D eigenvalue weighted by Crippen LogP contribution is 2.22. The molecule has 26 heavy (non-hydrogen) atoms. The fourth-order valence-corrected chi connectivity index (χ4v) is 3.91. The van der Waals surface area contributed by atoms with Gasteiger partial charge in [0, 0.05) is 15.6 Å². The number of thiazole rings is 1. The Hall–Kier alpha value is -2.22. The predicted octanol–water partition coefficient (Wildman–Crippen LogP) is 4.06. The molecule has 0 aliphatic heterocycles. The zero-order valence-electron chi connectivity index (χ0n) is 13.3. The van der Waals surface area contributed by atoms with Gasteiger partial charge in [-0.3, -0.25) is 9.59 Å². The molecule has 3 aromatic rings. The summed E-state index contributed by atoms with van der Waals surface area (Å²) in [4.78, 5) is 28.4. The van der Waals surface area contributed by atoms with Crippen molar-refractivity contribution in [1.82, 2.24) is 4.57 Å². The van der Waals surface area contributed by atoms with Gasteiger partial charge in [-0.2, -0.15) is 4.99 Å². The molecule has 3 rings (SSSR count). The van der Waals surface area contributed by atoms with E-state index in [1.165, 1.54) is 35.9 Å². The maximum atomic E-state index is 14.3. The van der Waals surface area contributed by atoms with Gasteiger partial charge in [0.05, 0.1) is 17.3 Å². The Labute approximate surface area is 161 Å². The summed E-state index contributed by atoms with van der Waals surface area (Å²) < 4.78 is 20.8. The van der Waals surface area contributed by atoms with Crippen LogP contribution in [0.3, 0.4) is 0 Å². The third kappa shape index (κ3) is 3.80. The molecule has 9 heteroatoms. The van der Waals surface area contributed by atoms with Gasteiger partial charge in [-0.25, -0.2) is 4.39 Å². The Kier molecular flexibility index (Phi) is 5.41. The first-order valence-corrected chi connectivity index (χ1v) is 8.86. The molecule has 0 radical (unpaired) electrons. The molecule has 1 aromatic heterocycles. The zero-order valence-corrected chi connectivity index (χ0v) is 15.7. The minimum atomic E-state index is -0.611. The van der Waals surface area contributed by atoms with Gasteiger partial charge in [-0.05, 0) is 30.3 Å². The van der Waals surface area contributed by atoms with Crippen LogP contribution in [0.25, 0.3) is 10.2 Å². The van der Waals surface area contributed by atoms with Crippen LogP contribution in [-0.4, -0.2) is 23.6 Å². The molecule has 134 valence electrons. The fourth-order valence-electron chi connectivity index (χ4n) is 2.34. The van der Waals surface area contributed by atoms with Gasteiger partial charge in [0.2, 0.25) is 0 Å². The summed E-state index contributed by atoms with van der Waals surface area (Å²) >= 11 is 12.9. The number of aromatic nitrogens is 1. The second kappa shape index (κ2) is 7.57. The number of rotatable bonds is 3. The monoisotopic (exact) mass is 412 g/mol. The summed E-state index contributed by atoms with van der Waals surface area (Å²) in [6.07, 6.45) is 0. The summed E-state index contributed by atoms with van der Waals surface area (Å²) in [6, 6.07) is 8.84. The van der Waals surface area contributed by atoms with E-state index in [1.807, 2.05) is 0 Å². The third-order valence-electron chi connectivity index (χ3n) is 3.47. The Bertz CT molecular complexity index is 1070. The van der Waals surface area contributed by atoms with Crippen LogP contribution in [0.2, 0.25) is 10.0 Å². The van der Waals surface area contributed by atoms with Gasteiger partial charge in [-0.1, -0.05) is 40.6 Å². The second-order valence-electron chi connectivity index (χ2n) is 5.21. The highest BCUT2D eigenvalue weighted by atomic mass is 35.5. The summed E-state index contributed by atoms with van der Waals surface area (Å²) in [5.74, 6) is -1.73. The molecule has 0 bridgehead atoms. The van der Waals surface area contributed by atoms with Crippen LogP contribution < -0.4 is 4.80 Å². The van der Waals surface area contributed by atoms with Crippen LogP contribution in [0.15, 0.2) is 41.4 Å². The second-order valence-corrected chi connectivity index (χ2v) is 7.09. The molecule has 0 saturated heterocycles. The first-order chi connectivity index (χ1) is 12.4. The van der Waals surface area contributed by atoms with E-state index in [0.29, 0.717) is 14.7 Å². The predicted molar refractivity (Wildman–Crippen MR) is 98.1 cm³/mol. The van der Waals surface area contributed by atoms with Gasteiger partial charge in [-0.15, -0.1) is 0 Å². The molecule has 0 saturated carbocycles. The van der Waals surface area contributed by atoms with Crippen LogP contribution in [0.1, 0.15) is 10.4 Å². The number of fused-ring (bicyclic) bond motifs is 1. The van der Waals surface area contributed by atoms with Crippen LogP contribution >= 0.6 is 34.5 Å². The number of methoxy groups -OCH3 is 1. The van der Waals surface area contributed by atoms with Crippen molar-refractivity contribution < 1.29 is 18.7 Å². The lowest BCUT2D eigenvalue weighted by atomic mass is 10.2. The molecule has 0 aliphatic carbocycles. The molecule has 2 aromatic carbocycles. The van der Waals surface area contributed by atoms with E-state index in [4.69, 9.17) is 23.2 Å². The number of para-hydroxylation sites is 1. The first kappa shape index (κ1) is 18.6. The quantitative estimate of drug-likeness (QED) is 0.609. The van der Waals surface area contributed by atoms with Crippen molar-refractivity contribution in [3.05, 3.63) is 62.6 Å². The van der Waals surface area contributed by atoms with Crippen molar-refractivity contribution in [2.24, 2.45) is 4.99 Å². The average molecular weight is 413 g/mol. The molecule has 0 aliphatic rings. The van der Waals surface area contributed by atoms with E-state index in [1.54, 1.807) is 12.1 Å². The summed E-state index contributed by atoms with van der Waals surface area (Å²) in [7, 11) is 1.23. The lowest BCUT2D eigenvalue weighted by Gasteiger charge is -2.04. The molecule has 1 heterocycles. The molecule has 0 unspecified atom stereocenters. The summed E-state index contributed by atoms with van der Waals surface area (Å²) in [5.41, 5.74) is 0.364. The Balaban J connectivity index is 2.18. The van der Waals surface area contributed by atoms with Crippen LogP contribution in [0.4, 0.5) is 4.39 Å². The SMILES string of the molecule is COC(=O)Cn1c(=NC(=O)c2cc(Cl)cc(Cl)c2)sc2cccc(F)c21. The minimum absolute atomic E-state index is 0.164. The van der Waals surface area contributed by atoms with Crippen molar-refractivity contribution in [2.75, 3.05) is 7.11 Å². The van der Waals surface area contributed by atoms with Crippen molar-refractivity contribution in [2.45, 2.75) is 6.54 Å². The molecular formula is C17H11Cl2FN2O3S. The topological polar surface area (TPSA) is 60.7 Å². The van der Waals surface area contributed by atoms with Crippen molar-refractivity contribution in [1.29, 1.82) is 0 Å². The number of amides is 1. The highest BCUT2D eigenvalue weighted by Gasteiger charge is 2.15. The number of nitrogens with zero attached hydrogens (tertiary/aromatic N) is 2. The lowest BCUT2D eigenvalue weighted by molar-refractivity contribution is -0.141.